The summed E-state index contributed by atoms with van der Waals surface area (Å²) in [4.78, 5) is 43.5. The van der Waals surface area contributed by atoms with Gasteiger partial charge in [-0.25, -0.2) is 14.8 Å². The first-order valence-electron chi connectivity index (χ1n) is 9.17. The molecule has 2 aliphatic rings. The second kappa shape index (κ2) is 7.43. The van der Waals surface area contributed by atoms with Gasteiger partial charge in [-0.05, 0) is 31.9 Å². The maximum absolute atomic E-state index is 12.8. The average molecular weight is 370 g/mol. The minimum absolute atomic E-state index is 0.150. The standard InChI is InChI=1S/C18H22N6O3/c1-12-10-14(22-18(26)20-12)16(25)24-8-9-27-15(11-24)13-4-5-19-17(21-13)23-6-2-3-7-23/h4-5,10,15H,2-3,6-9,11H2,1H3,(H,20,22,26)/t15-/m1/s1. The van der Waals surface area contributed by atoms with Crippen molar-refractivity contribution in [2.75, 3.05) is 37.7 Å². The number of aromatic amines is 1. The number of H-pyrrole nitrogens is 1. The Kier molecular flexibility index (Phi) is 4.85. The molecule has 4 rings (SSSR count). The van der Waals surface area contributed by atoms with Crippen molar-refractivity contribution in [1.82, 2.24) is 24.8 Å². The number of morpholine rings is 1. The second-order valence-electron chi connectivity index (χ2n) is 6.84. The van der Waals surface area contributed by atoms with Crippen molar-refractivity contribution in [3.8, 4) is 0 Å². The van der Waals surface area contributed by atoms with Crippen molar-refractivity contribution in [3.63, 3.8) is 0 Å². The molecular weight excluding hydrogens is 348 g/mol. The summed E-state index contributed by atoms with van der Waals surface area (Å²) in [5.41, 5.74) is 1.00. The number of aryl methyl sites for hydroxylation is 1. The summed E-state index contributed by atoms with van der Waals surface area (Å²) in [6, 6.07) is 3.41. The largest absolute Gasteiger partial charge is 0.368 e. The molecular formula is C18H22N6O3. The molecule has 0 radical (unpaired) electrons. The molecule has 4 heterocycles. The third kappa shape index (κ3) is 3.82. The summed E-state index contributed by atoms with van der Waals surface area (Å²) < 4.78 is 5.85. The highest BCUT2D eigenvalue weighted by atomic mass is 16.5. The number of amides is 1. The molecule has 0 aromatic carbocycles. The zero-order valence-electron chi connectivity index (χ0n) is 15.2. The van der Waals surface area contributed by atoms with Gasteiger partial charge in [0.2, 0.25) is 5.95 Å². The molecule has 0 bridgehead atoms. The number of aromatic nitrogens is 4. The van der Waals surface area contributed by atoms with Crippen LogP contribution in [-0.2, 0) is 4.74 Å². The molecule has 0 saturated carbocycles. The van der Waals surface area contributed by atoms with Crippen molar-refractivity contribution in [2.24, 2.45) is 0 Å². The number of ether oxygens (including phenoxy) is 1. The first kappa shape index (κ1) is 17.6. The number of nitrogens with zero attached hydrogens (tertiary/aromatic N) is 5. The van der Waals surface area contributed by atoms with Gasteiger partial charge in [0, 0.05) is 31.5 Å². The fourth-order valence-electron chi connectivity index (χ4n) is 3.47. The first-order chi connectivity index (χ1) is 13.1. The third-order valence-corrected chi connectivity index (χ3v) is 4.84. The predicted octanol–water partition coefficient (Wildman–Crippen LogP) is 0.682. The highest BCUT2D eigenvalue weighted by Crippen LogP contribution is 2.24. The van der Waals surface area contributed by atoms with E-state index in [1.165, 1.54) is 0 Å². The van der Waals surface area contributed by atoms with Crippen LogP contribution in [0, 0.1) is 6.92 Å². The van der Waals surface area contributed by atoms with E-state index in [1.54, 1.807) is 24.1 Å². The number of hydrogen-bond donors (Lipinski definition) is 1. The number of anilines is 1. The highest BCUT2D eigenvalue weighted by molar-refractivity contribution is 5.92. The third-order valence-electron chi connectivity index (χ3n) is 4.84. The van der Waals surface area contributed by atoms with Crippen LogP contribution >= 0.6 is 0 Å². The second-order valence-corrected chi connectivity index (χ2v) is 6.84. The molecule has 1 atom stereocenters. The SMILES string of the molecule is Cc1cc(C(=O)N2CCO[C@@H](c3ccnc(N4CCCC4)n3)C2)nc(=O)[nH]1. The van der Waals surface area contributed by atoms with Crippen molar-refractivity contribution in [1.29, 1.82) is 0 Å². The van der Waals surface area contributed by atoms with Crippen LogP contribution < -0.4 is 10.6 Å². The van der Waals surface area contributed by atoms with E-state index in [-0.39, 0.29) is 17.7 Å². The van der Waals surface area contributed by atoms with Gasteiger partial charge in [-0.3, -0.25) is 4.79 Å². The molecule has 27 heavy (non-hydrogen) atoms. The zero-order chi connectivity index (χ0) is 18.8. The van der Waals surface area contributed by atoms with E-state index in [9.17, 15) is 9.59 Å². The van der Waals surface area contributed by atoms with Crippen molar-refractivity contribution in [2.45, 2.75) is 25.9 Å². The zero-order valence-corrected chi connectivity index (χ0v) is 15.2. The number of hydrogen-bond acceptors (Lipinski definition) is 7. The van der Waals surface area contributed by atoms with Crippen LogP contribution in [0.4, 0.5) is 5.95 Å². The Morgan fingerprint density at radius 1 is 1.26 bits per heavy atom. The van der Waals surface area contributed by atoms with Gasteiger partial charge in [0.15, 0.2) is 0 Å². The Hall–Kier alpha value is -2.81. The first-order valence-corrected chi connectivity index (χ1v) is 9.17. The van der Waals surface area contributed by atoms with Gasteiger partial charge in [-0.2, -0.15) is 4.98 Å². The molecule has 2 aromatic rings. The van der Waals surface area contributed by atoms with Crippen LogP contribution in [0.3, 0.4) is 0 Å². The summed E-state index contributed by atoms with van der Waals surface area (Å²) >= 11 is 0. The van der Waals surface area contributed by atoms with Gasteiger partial charge in [-0.1, -0.05) is 0 Å². The summed E-state index contributed by atoms with van der Waals surface area (Å²) in [7, 11) is 0. The predicted molar refractivity (Wildman–Crippen MR) is 97.7 cm³/mol. The van der Waals surface area contributed by atoms with E-state index in [2.05, 4.69) is 24.8 Å². The lowest BCUT2D eigenvalue weighted by Gasteiger charge is -2.32. The van der Waals surface area contributed by atoms with E-state index in [0.717, 1.165) is 31.6 Å². The van der Waals surface area contributed by atoms with Gasteiger partial charge < -0.3 is 19.5 Å². The Bertz CT molecular complexity index is 893. The number of carbonyl (C=O) groups is 1. The van der Waals surface area contributed by atoms with Crippen LogP contribution in [-0.4, -0.2) is 63.5 Å². The molecule has 2 aromatic heterocycles. The molecule has 9 heteroatoms. The normalized spacial score (nSPS) is 20.1. The van der Waals surface area contributed by atoms with Crippen molar-refractivity contribution >= 4 is 11.9 Å². The fraction of sp³-hybridized carbons (Fsp3) is 0.500. The minimum Gasteiger partial charge on any atom is -0.368 e. The van der Waals surface area contributed by atoms with Gasteiger partial charge >= 0.3 is 5.69 Å². The molecule has 1 amide bonds. The Morgan fingerprint density at radius 2 is 2.07 bits per heavy atom. The molecule has 2 aliphatic heterocycles. The van der Waals surface area contributed by atoms with E-state index in [1.807, 2.05) is 6.07 Å². The molecule has 0 unspecified atom stereocenters. The van der Waals surface area contributed by atoms with E-state index in [4.69, 9.17) is 4.74 Å². The lowest BCUT2D eigenvalue weighted by molar-refractivity contribution is -0.0249. The van der Waals surface area contributed by atoms with E-state index in [0.29, 0.717) is 31.3 Å². The number of rotatable bonds is 3. The quantitative estimate of drug-likeness (QED) is 0.847. The maximum atomic E-state index is 12.8. The lowest BCUT2D eigenvalue weighted by Crippen LogP contribution is -2.43. The summed E-state index contributed by atoms with van der Waals surface area (Å²) in [5.74, 6) is 0.440. The average Bonchev–Trinajstić information content (AvgIpc) is 3.22. The molecule has 1 N–H and O–H groups in total. The van der Waals surface area contributed by atoms with E-state index < -0.39 is 5.69 Å². The molecule has 2 saturated heterocycles. The smallest absolute Gasteiger partial charge is 0.345 e. The summed E-state index contributed by atoms with van der Waals surface area (Å²) in [6.45, 7) is 4.88. The summed E-state index contributed by atoms with van der Waals surface area (Å²) in [5, 5.41) is 0. The Labute approximate surface area is 156 Å². The van der Waals surface area contributed by atoms with Crippen LogP contribution in [0.25, 0.3) is 0 Å². The monoisotopic (exact) mass is 370 g/mol. The molecule has 0 spiro atoms. The fourth-order valence-corrected chi connectivity index (χ4v) is 3.47. The molecule has 0 aliphatic carbocycles. The Morgan fingerprint density at radius 3 is 2.85 bits per heavy atom. The maximum Gasteiger partial charge on any atom is 0.345 e. The number of carbonyl (C=O) groups excluding carboxylic acids is 1. The number of nitrogens with one attached hydrogen (secondary N) is 1. The van der Waals surface area contributed by atoms with E-state index >= 15 is 0 Å². The van der Waals surface area contributed by atoms with Crippen LogP contribution in [0.2, 0.25) is 0 Å². The molecule has 2 fully saturated rings. The van der Waals surface area contributed by atoms with Crippen LogP contribution in [0.1, 0.15) is 40.8 Å². The topological polar surface area (TPSA) is 104 Å². The molecule has 142 valence electrons. The minimum atomic E-state index is -0.519. The Balaban J connectivity index is 1.52. The highest BCUT2D eigenvalue weighted by Gasteiger charge is 2.28. The van der Waals surface area contributed by atoms with Gasteiger partial charge in [0.25, 0.3) is 5.91 Å². The lowest BCUT2D eigenvalue weighted by atomic mass is 10.2. The van der Waals surface area contributed by atoms with Gasteiger partial charge in [0.1, 0.15) is 11.8 Å². The van der Waals surface area contributed by atoms with Crippen molar-refractivity contribution in [3.05, 3.63) is 45.9 Å². The van der Waals surface area contributed by atoms with Gasteiger partial charge in [-0.15, -0.1) is 0 Å². The summed E-state index contributed by atoms with van der Waals surface area (Å²) in [6.07, 6.45) is 3.72. The van der Waals surface area contributed by atoms with Crippen LogP contribution in [0.5, 0.6) is 0 Å². The van der Waals surface area contributed by atoms with Crippen molar-refractivity contribution < 1.29 is 9.53 Å². The van der Waals surface area contributed by atoms with Crippen LogP contribution in [0.15, 0.2) is 23.1 Å². The van der Waals surface area contributed by atoms with Gasteiger partial charge in [0.05, 0.1) is 18.8 Å². The molecule has 9 nitrogen and oxygen atoms in total.